The molecule has 9 heteroatoms. The van der Waals surface area contributed by atoms with Crippen LogP contribution in [0.3, 0.4) is 0 Å². The highest BCUT2D eigenvalue weighted by atomic mass is 28.3. The summed E-state index contributed by atoms with van der Waals surface area (Å²) >= 11 is 0. The SMILES string of the molecule is C[Si](C)(C)CCOCn1nc(-n2cccn2)c2c1CCN(C(=O)O)C2. The zero-order chi connectivity index (χ0) is 18.0. The highest BCUT2D eigenvalue weighted by Crippen LogP contribution is 2.25. The van der Waals surface area contributed by atoms with Gasteiger partial charge in [0.25, 0.3) is 0 Å². The molecule has 0 bridgehead atoms. The van der Waals surface area contributed by atoms with Crippen molar-refractivity contribution in [3.63, 3.8) is 0 Å². The number of nitrogens with zero attached hydrogens (tertiary/aromatic N) is 5. The second-order valence-electron chi connectivity index (χ2n) is 7.50. The number of aromatic nitrogens is 4. The van der Waals surface area contributed by atoms with Crippen LogP contribution in [0, 0.1) is 0 Å². The van der Waals surface area contributed by atoms with Gasteiger partial charge < -0.3 is 14.7 Å². The zero-order valence-electron chi connectivity index (χ0n) is 15.0. The smallest absolute Gasteiger partial charge is 0.407 e. The molecule has 0 unspecified atom stereocenters. The summed E-state index contributed by atoms with van der Waals surface area (Å²) in [6, 6.07) is 2.93. The molecule has 0 radical (unpaired) electrons. The Morgan fingerprint density at radius 3 is 2.84 bits per heavy atom. The monoisotopic (exact) mass is 363 g/mol. The van der Waals surface area contributed by atoms with Gasteiger partial charge in [-0.05, 0) is 12.1 Å². The molecule has 2 aromatic heterocycles. The Morgan fingerprint density at radius 2 is 2.20 bits per heavy atom. The van der Waals surface area contributed by atoms with Crippen LogP contribution >= 0.6 is 0 Å². The number of carboxylic acid groups (broad SMARTS) is 1. The van der Waals surface area contributed by atoms with Crippen LogP contribution in [0.5, 0.6) is 0 Å². The van der Waals surface area contributed by atoms with E-state index in [-0.39, 0.29) is 0 Å². The largest absolute Gasteiger partial charge is 0.465 e. The van der Waals surface area contributed by atoms with Gasteiger partial charge in [-0.1, -0.05) is 19.6 Å². The second-order valence-corrected chi connectivity index (χ2v) is 13.1. The third-order valence-corrected chi connectivity index (χ3v) is 6.02. The molecule has 0 atom stereocenters. The Kier molecular flexibility index (Phi) is 4.95. The summed E-state index contributed by atoms with van der Waals surface area (Å²) < 4.78 is 9.38. The Balaban J connectivity index is 1.80. The summed E-state index contributed by atoms with van der Waals surface area (Å²) in [5.41, 5.74) is 1.95. The molecule has 0 saturated carbocycles. The highest BCUT2D eigenvalue weighted by Gasteiger charge is 2.28. The summed E-state index contributed by atoms with van der Waals surface area (Å²) in [7, 11) is -1.12. The standard InChI is InChI=1S/C16H25N5O3Si/c1-25(2,3)10-9-24-12-21-14-5-8-19(16(22)23)11-13(14)15(18-21)20-7-4-6-17-20/h4,6-7H,5,8-12H2,1-3H3,(H,22,23). The maximum Gasteiger partial charge on any atom is 0.407 e. The van der Waals surface area contributed by atoms with Gasteiger partial charge in [0.05, 0.1) is 12.2 Å². The lowest BCUT2D eigenvalue weighted by Crippen LogP contribution is -2.35. The normalized spacial score (nSPS) is 14.6. The van der Waals surface area contributed by atoms with E-state index in [1.54, 1.807) is 10.9 Å². The average molecular weight is 363 g/mol. The predicted molar refractivity (Wildman–Crippen MR) is 95.6 cm³/mol. The third kappa shape index (κ3) is 4.10. The minimum absolute atomic E-state index is 0.328. The van der Waals surface area contributed by atoms with Crippen molar-refractivity contribution in [2.24, 2.45) is 0 Å². The molecule has 3 heterocycles. The van der Waals surface area contributed by atoms with Crippen LogP contribution in [0.25, 0.3) is 5.82 Å². The van der Waals surface area contributed by atoms with E-state index in [0.29, 0.717) is 32.1 Å². The Bertz CT molecular complexity index is 736. The molecule has 136 valence electrons. The topological polar surface area (TPSA) is 85.4 Å². The summed E-state index contributed by atoms with van der Waals surface area (Å²) in [4.78, 5) is 12.7. The van der Waals surface area contributed by atoms with Crippen LogP contribution in [0.15, 0.2) is 18.5 Å². The molecule has 25 heavy (non-hydrogen) atoms. The van der Waals surface area contributed by atoms with Crippen molar-refractivity contribution in [3.05, 3.63) is 29.7 Å². The van der Waals surface area contributed by atoms with Gasteiger partial charge in [-0.25, -0.2) is 14.2 Å². The van der Waals surface area contributed by atoms with E-state index in [4.69, 9.17) is 4.74 Å². The lowest BCUT2D eigenvalue weighted by molar-refractivity contribution is 0.0752. The molecule has 0 fully saturated rings. The lowest BCUT2D eigenvalue weighted by Gasteiger charge is -2.25. The molecule has 1 amide bonds. The first-order valence-corrected chi connectivity index (χ1v) is 12.2. The number of hydrogen-bond acceptors (Lipinski definition) is 4. The van der Waals surface area contributed by atoms with Crippen molar-refractivity contribution < 1.29 is 14.6 Å². The van der Waals surface area contributed by atoms with Crippen molar-refractivity contribution in [1.82, 2.24) is 24.5 Å². The highest BCUT2D eigenvalue weighted by molar-refractivity contribution is 6.76. The fraction of sp³-hybridized carbons (Fsp3) is 0.562. The van der Waals surface area contributed by atoms with E-state index in [2.05, 4.69) is 29.8 Å². The van der Waals surface area contributed by atoms with E-state index in [1.165, 1.54) is 4.90 Å². The molecule has 1 N–H and O–H groups in total. The summed E-state index contributed by atoms with van der Waals surface area (Å²) in [6.45, 7) is 8.88. The van der Waals surface area contributed by atoms with Gasteiger partial charge in [-0.15, -0.1) is 0 Å². The van der Waals surface area contributed by atoms with E-state index in [0.717, 1.165) is 23.9 Å². The van der Waals surface area contributed by atoms with E-state index in [9.17, 15) is 9.90 Å². The summed E-state index contributed by atoms with van der Waals surface area (Å²) in [5.74, 6) is 0.680. The quantitative estimate of drug-likeness (QED) is 0.629. The second kappa shape index (κ2) is 7.01. The first kappa shape index (κ1) is 17.7. The van der Waals surface area contributed by atoms with Crippen LogP contribution in [-0.4, -0.2) is 56.9 Å². The average Bonchev–Trinajstić information content (AvgIpc) is 3.17. The van der Waals surface area contributed by atoms with Crippen LogP contribution in [0.1, 0.15) is 11.3 Å². The van der Waals surface area contributed by atoms with Gasteiger partial charge in [-0.2, -0.15) is 10.2 Å². The zero-order valence-corrected chi connectivity index (χ0v) is 16.0. The van der Waals surface area contributed by atoms with Crippen molar-refractivity contribution in [2.45, 2.75) is 45.4 Å². The number of ether oxygens (including phenoxy) is 1. The van der Waals surface area contributed by atoms with Gasteiger partial charge in [0, 0.05) is 45.6 Å². The van der Waals surface area contributed by atoms with Gasteiger partial charge in [0.1, 0.15) is 6.73 Å². The first-order valence-electron chi connectivity index (χ1n) is 8.49. The Hall–Kier alpha value is -2.13. The molecule has 1 aliphatic heterocycles. The molecule has 2 aromatic rings. The molecule has 0 saturated heterocycles. The number of hydrogen-bond donors (Lipinski definition) is 1. The first-order chi connectivity index (χ1) is 11.8. The van der Waals surface area contributed by atoms with Crippen molar-refractivity contribution in [2.75, 3.05) is 13.2 Å². The van der Waals surface area contributed by atoms with E-state index < -0.39 is 14.2 Å². The van der Waals surface area contributed by atoms with Crippen LogP contribution in [0.2, 0.25) is 25.7 Å². The number of amides is 1. The number of carbonyl (C=O) groups is 1. The Morgan fingerprint density at radius 1 is 1.40 bits per heavy atom. The van der Waals surface area contributed by atoms with Crippen LogP contribution < -0.4 is 0 Å². The maximum absolute atomic E-state index is 11.3. The lowest BCUT2D eigenvalue weighted by atomic mass is 10.1. The fourth-order valence-electron chi connectivity index (χ4n) is 2.85. The maximum atomic E-state index is 11.3. The molecular formula is C16H25N5O3Si. The molecule has 0 aliphatic carbocycles. The molecular weight excluding hydrogens is 338 g/mol. The Labute approximate surface area is 148 Å². The van der Waals surface area contributed by atoms with Crippen molar-refractivity contribution in [1.29, 1.82) is 0 Å². The van der Waals surface area contributed by atoms with Gasteiger partial charge >= 0.3 is 6.09 Å². The minimum Gasteiger partial charge on any atom is -0.465 e. The van der Waals surface area contributed by atoms with Crippen molar-refractivity contribution >= 4 is 14.2 Å². The number of fused-ring (bicyclic) bond motifs is 1. The molecule has 0 aromatic carbocycles. The van der Waals surface area contributed by atoms with E-state index >= 15 is 0 Å². The van der Waals surface area contributed by atoms with Crippen LogP contribution in [0.4, 0.5) is 4.79 Å². The van der Waals surface area contributed by atoms with Gasteiger partial charge in [0.15, 0.2) is 5.82 Å². The summed E-state index contributed by atoms with van der Waals surface area (Å²) in [5, 5.41) is 18.2. The molecule has 1 aliphatic rings. The molecule has 3 rings (SSSR count). The summed E-state index contributed by atoms with van der Waals surface area (Å²) in [6.07, 6.45) is 3.23. The van der Waals surface area contributed by atoms with Gasteiger partial charge in [-0.3, -0.25) is 0 Å². The predicted octanol–water partition coefficient (Wildman–Crippen LogP) is 2.42. The minimum atomic E-state index is -1.12. The van der Waals surface area contributed by atoms with E-state index in [1.807, 2.05) is 16.9 Å². The third-order valence-electron chi connectivity index (χ3n) is 4.31. The van der Waals surface area contributed by atoms with Crippen molar-refractivity contribution in [3.8, 4) is 5.82 Å². The fourth-order valence-corrected chi connectivity index (χ4v) is 3.61. The van der Waals surface area contributed by atoms with Crippen LogP contribution in [-0.2, 0) is 24.4 Å². The number of rotatable bonds is 6. The molecule has 0 spiro atoms. The van der Waals surface area contributed by atoms with Gasteiger partial charge in [0.2, 0.25) is 0 Å². The molecule has 8 nitrogen and oxygen atoms in total.